The van der Waals surface area contributed by atoms with E-state index in [1.807, 2.05) is 30.3 Å². The molecule has 3 heterocycles. The molecule has 39 heavy (non-hydrogen) atoms. The second-order valence-electron chi connectivity index (χ2n) is 9.63. The summed E-state index contributed by atoms with van der Waals surface area (Å²) < 4.78 is 27.9. The minimum absolute atomic E-state index is 0.0140. The molecule has 10 atom stereocenters. The Kier molecular flexibility index (Phi) is 8.05. The van der Waals surface area contributed by atoms with Crippen LogP contribution in [0, 0.1) is 0 Å². The van der Waals surface area contributed by atoms with Crippen LogP contribution >= 0.6 is 0 Å². The van der Waals surface area contributed by atoms with Gasteiger partial charge in [0.1, 0.15) is 71.6 Å². The molecule has 2 aromatic carbocycles. The maximum absolute atomic E-state index is 12.8. The van der Waals surface area contributed by atoms with Gasteiger partial charge in [0.2, 0.25) is 6.29 Å². The van der Waals surface area contributed by atoms with Crippen LogP contribution in [0.3, 0.4) is 0 Å². The lowest BCUT2D eigenvalue weighted by molar-refractivity contribution is -0.290. The van der Waals surface area contributed by atoms with Crippen LogP contribution in [-0.2, 0) is 14.2 Å². The van der Waals surface area contributed by atoms with E-state index in [1.165, 1.54) is 6.07 Å². The Labute approximate surface area is 222 Å². The minimum atomic E-state index is -1.73. The summed E-state index contributed by atoms with van der Waals surface area (Å²) in [6.07, 6.45) is -13.8. The average Bonchev–Trinajstić information content (AvgIpc) is 3.20. The number of carbonyl (C=O) groups excluding carboxylic acids is 1. The van der Waals surface area contributed by atoms with Gasteiger partial charge in [-0.2, -0.15) is 0 Å². The quantitative estimate of drug-likeness (QED) is 0.215. The summed E-state index contributed by atoms with van der Waals surface area (Å²) >= 11 is 0. The van der Waals surface area contributed by atoms with Gasteiger partial charge in [0, 0.05) is 12.1 Å². The number of benzene rings is 2. The van der Waals surface area contributed by atoms with Crippen molar-refractivity contribution in [3.05, 3.63) is 53.6 Å². The number of carbonyl (C=O) groups is 1. The van der Waals surface area contributed by atoms with E-state index < -0.39 is 80.4 Å². The summed E-state index contributed by atoms with van der Waals surface area (Å²) in [6, 6.07) is 11.6. The van der Waals surface area contributed by atoms with Crippen molar-refractivity contribution < 1.29 is 64.2 Å². The van der Waals surface area contributed by atoms with Crippen LogP contribution in [0.25, 0.3) is 0 Å². The van der Waals surface area contributed by atoms with Crippen LogP contribution < -0.4 is 9.47 Å². The Morgan fingerprint density at radius 3 is 2.21 bits per heavy atom. The Hall–Kier alpha value is -2.85. The van der Waals surface area contributed by atoms with Gasteiger partial charge in [-0.1, -0.05) is 30.3 Å². The van der Waals surface area contributed by atoms with Crippen molar-refractivity contribution in [3.8, 4) is 17.2 Å². The molecule has 0 saturated carbocycles. The molecule has 2 fully saturated rings. The predicted octanol–water partition coefficient (Wildman–Crippen LogP) is -1.26. The van der Waals surface area contributed by atoms with E-state index in [9.17, 15) is 40.5 Å². The first-order valence-electron chi connectivity index (χ1n) is 12.4. The maximum Gasteiger partial charge on any atom is 0.229 e. The van der Waals surface area contributed by atoms with Crippen molar-refractivity contribution in [1.29, 1.82) is 0 Å². The molecule has 212 valence electrons. The lowest BCUT2D eigenvalue weighted by Crippen LogP contribution is -2.60. The number of aromatic hydroxyl groups is 1. The van der Waals surface area contributed by atoms with Crippen LogP contribution in [0.4, 0.5) is 0 Å². The van der Waals surface area contributed by atoms with Crippen LogP contribution in [-0.4, -0.2) is 110 Å². The third-order valence-electron chi connectivity index (χ3n) is 6.99. The minimum Gasteiger partial charge on any atom is -0.507 e. The van der Waals surface area contributed by atoms with Crippen LogP contribution in [0.15, 0.2) is 42.5 Å². The van der Waals surface area contributed by atoms with E-state index >= 15 is 0 Å². The largest absolute Gasteiger partial charge is 0.507 e. The smallest absolute Gasteiger partial charge is 0.229 e. The van der Waals surface area contributed by atoms with E-state index in [-0.39, 0.29) is 29.3 Å². The highest BCUT2D eigenvalue weighted by atomic mass is 16.7. The maximum atomic E-state index is 12.8. The van der Waals surface area contributed by atoms with E-state index in [0.29, 0.717) is 0 Å². The van der Waals surface area contributed by atoms with Crippen molar-refractivity contribution >= 4 is 5.78 Å². The number of hydrogen-bond donors (Lipinski definition) is 7. The molecule has 3 aliphatic rings. The number of ether oxygens (including phenoxy) is 5. The summed E-state index contributed by atoms with van der Waals surface area (Å²) in [4.78, 5) is 12.8. The summed E-state index contributed by atoms with van der Waals surface area (Å²) in [5.74, 6) is -0.730. The average molecular weight is 551 g/mol. The summed E-state index contributed by atoms with van der Waals surface area (Å²) in [5, 5.41) is 70.9. The number of fused-ring (bicyclic) bond motifs is 1. The van der Waals surface area contributed by atoms with Gasteiger partial charge in [0.05, 0.1) is 19.6 Å². The molecular formula is C26H30O13. The molecule has 0 radical (unpaired) electrons. The van der Waals surface area contributed by atoms with Gasteiger partial charge in [0.15, 0.2) is 12.1 Å². The summed E-state index contributed by atoms with van der Waals surface area (Å²) in [6.45, 7) is -1.01. The molecule has 0 amide bonds. The monoisotopic (exact) mass is 550 g/mol. The molecule has 7 N–H and O–H groups in total. The number of ketones is 1. The van der Waals surface area contributed by atoms with Crippen molar-refractivity contribution in [1.82, 2.24) is 0 Å². The lowest BCUT2D eigenvalue weighted by atomic mass is 9.95. The fraction of sp³-hybridized carbons (Fsp3) is 0.500. The van der Waals surface area contributed by atoms with Crippen LogP contribution in [0.2, 0.25) is 0 Å². The standard InChI is InChI=1S/C26H30O13/c27-9-17-20(30)23(33)25(38-17)35-10-18-21(31)22(32)24(34)26(39-18)36-12-6-13(28)19-14(29)8-15(37-16(19)7-12)11-4-2-1-3-5-11/h1-7,15,17-18,20-28,30-34H,8-10H2/t15-,17-,18-,20-,21-,22+,23+,24-,25-,26-/m1/s1. The van der Waals surface area contributed by atoms with Gasteiger partial charge in [-0.05, 0) is 5.56 Å². The first-order valence-corrected chi connectivity index (χ1v) is 12.4. The summed E-state index contributed by atoms with van der Waals surface area (Å²) in [7, 11) is 0. The molecular weight excluding hydrogens is 520 g/mol. The summed E-state index contributed by atoms with van der Waals surface area (Å²) in [5.41, 5.74) is 0.752. The van der Waals surface area contributed by atoms with Gasteiger partial charge in [0.25, 0.3) is 0 Å². The Morgan fingerprint density at radius 1 is 0.846 bits per heavy atom. The molecule has 0 unspecified atom stereocenters. The second kappa shape index (κ2) is 11.3. The van der Waals surface area contributed by atoms with E-state index in [1.54, 1.807) is 0 Å². The Balaban J connectivity index is 1.29. The van der Waals surface area contributed by atoms with Gasteiger partial charge in [-0.25, -0.2) is 0 Å². The number of phenolic OH excluding ortho intramolecular Hbond substituents is 1. The molecule has 0 aliphatic carbocycles. The van der Waals surface area contributed by atoms with Crippen LogP contribution in [0.1, 0.15) is 28.4 Å². The zero-order chi connectivity index (χ0) is 27.8. The zero-order valence-electron chi connectivity index (χ0n) is 20.5. The molecule has 0 bridgehead atoms. The first-order chi connectivity index (χ1) is 18.7. The number of Topliss-reactive ketones (excluding diaryl/α,β-unsaturated/α-hetero) is 1. The molecule has 2 saturated heterocycles. The molecule has 5 rings (SSSR count). The normalized spacial score (nSPS) is 36.3. The van der Waals surface area contributed by atoms with E-state index in [4.69, 9.17) is 23.7 Å². The fourth-order valence-corrected chi connectivity index (χ4v) is 4.81. The molecule has 13 nitrogen and oxygen atoms in total. The number of phenols is 1. The Bertz CT molecular complexity index is 1160. The lowest BCUT2D eigenvalue weighted by Gasteiger charge is -2.40. The predicted molar refractivity (Wildman–Crippen MR) is 128 cm³/mol. The molecule has 2 aromatic rings. The highest BCUT2D eigenvalue weighted by Crippen LogP contribution is 2.42. The molecule has 0 spiro atoms. The van der Waals surface area contributed by atoms with Crippen molar-refractivity contribution in [2.24, 2.45) is 0 Å². The fourth-order valence-electron chi connectivity index (χ4n) is 4.81. The Morgan fingerprint density at radius 2 is 1.51 bits per heavy atom. The van der Waals surface area contributed by atoms with Gasteiger partial charge in [-0.15, -0.1) is 0 Å². The van der Waals surface area contributed by atoms with E-state index in [0.717, 1.165) is 11.6 Å². The topological polar surface area (TPSA) is 205 Å². The third kappa shape index (κ3) is 5.45. The molecule has 3 aliphatic heterocycles. The molecule has 13 heteroatoms. The highest BCUT2D eigenvalue weighted by molar-refractivity contribution is 6.02. The first kappa shape index (κ1) is 27.7. The number of hydrogen-bond acceptors (Lipinski definition) is 13. The van der Waals surface area contributed by atoms with E-state index in [2.05, 4.69) is 0 Å². The van der Waals surface area contributed by atoms with Crippen molar-refractivity contribution in [2.45, 2.75) is 67.8 Å². The van der Waals surface area contributed by atoms with Crippen molar-refractivity contribution in [3.63, 3.8) is 0 Å². The van der Waals surface area contributed by atoms with Gasteiger partial charge < -0.3 is 59.4 Å². The third-order valence-corrected chi connectivity index (χ3v) is 6.99. The van der Waals surface area contributed by atoms with Gasteiger partial charge >= 0.3 is 0 Å². The molecule has 0 aromatic heterocycles. The zero-order valence-corrected chi connectivity index (χ0v) is 20.5. The number of rotatable bonds is 7. The number of aliphatic hydroxyl groups is 6. The highest BCUT2D eigenvalue weighted by Gasteiger charge is 2.47. The van der Waals surface area contributed by atoms with Crippen LogP contribution in [0.5, 0.6) is 17.2 Å². The van der Waals surface area contributed by atoms with Gasteiger partial charge in [-0.3, -0.25) is 4.79 Å². The SMILES string of the molecule is O=C1C[C@H](c2ccccc2)Oc2cc(O[C@@H]3O[C@H](CO[C@@H]4O[C@H](CO)[C@@H](O)[C@@H]4O)[C@@H](O)[C@H](O)[C@H]3O)cc(O)c21. The second-order valence-corrected chi connectivity index (χ2v) is 9.63. The van der Waals surface area contributed by atoms with Crippen molar-refractivity contribution in [2.75, 3.05) is 13.2 Å². The number of aliphatic hydroxyl groups excluding tert-OH is 6.